The van der Waals surface area contributed by atoms with E-state index < -0.39 is 0 Å². The van der Waals surface area contributed by atoms with Crippen molar-refractivity contribution in [3.63, 3.8) is 0 Å². The molecule has 7 heteroatoms. The number of nitrogens with zero attached hydrogens (tertiary/aromatic N) is 4. The number of amides is 1. The average Bonchev–Trinajstić information content (AvgIpc) is 3.19. The second-order valence-electron chi connectivity index (χ2n) is 5.68. The van der Waals surface area contributed by atoms with Gasteiger partial charge in [0.15, 0.2) is 5.69 Å². The maximum Gasteiger partial charge on any atom is 0.276 e. The summed E-state index contributed by atoms with van der Waals surface area (Å²) in [5.74, 6) is 0.528. The lowest BCUT2D eigenvalue weighted by molar-refractivity contribution is 0.0502. The Labute approximate surface area is 128 Å². The zero-order valence-electron chi connectivity index (χ0n) is 13.0. The third-order valence-electron chi connectivity index (χ3n) is 4.10. The number of ether oxygens (including phenoxy) is 1. The van der Waals surface area contributed by atoms with Crippen LogP contribution in [0.15, 0.2) is 23.0 Å². The summed E-state index contributed by atoms with van der Waals surface area (Å²) < 4.78 is 12.3. The molecule has 3 rings (SSSR count). The first-order valence-electron chi connectivity index (χ1n) is 7.33. The zero-order valence-corrected chi connectivity index (χ0v) is 13.0. The van der Waals surface area contributed by atoms with Gasteiger partial charge < -0.3 is 14.2 Å². The summed E-state index contributed by atoms with van der Waals surface area (Å²) in [7, 11) is 3.57. The predicted octanol–water partition coefficient (Wildman–Crippen LogP) is 1.19. The van der Waals surface area contributed by atoms with Crippen molar-refractivity contribution in [2.24, 2.45) is 7.05 Å². The minimum atomic E-state index is -0.106. The Balaban J connectivity index is 1.81. The van der Waals surface area contributed by atoms with Gasteiger partial charge in [0.1, 0.15) is 5.76 Å². The van der Waals surface area contributed by atoms with Gasteiger partial charge in [0.2, 0.25) is 0 Å². The highest BCUT2D eigenvalue weighted by Crippen LogP contribution is 2.25. The molecule has 0 aromatic carbocycles. The maximum absolute atomic E-state index is 12.7. The van der Waals surface area contributed by atoms with E-state index in [-0.39, 0.29) is 18.1 Å². The van der Waals surface area contributed by atoms with Gasteiger partial charge in [0.25, 0.3) is 5.91 Å². The lowest BCUT2D eigenvalue weighted by Gasteiger charge is -2.26. The fraction of sp³-hybridized carbons (Fsp3) is 0.533. The fourth-order valence-electron chi connectivity index (χ4n) is 3.03. The number of hydrogen-bond donors (Lipinski definition) is 0. The van der Waals surface area contributed by atoms with E-state index in [1.807, 2.05) is 24.3 Å². The second-order valence-corrected chi connectivity index (χ2v) is 5.68. The summed E-state index contributed by atoms with van der Waals surface area (Å²) in [6.07, 6.45) is 5.36. The van der Waals surface area contributed by atoms with Gasteiger partial charge in [-0.3, -0.25) is 9.48 Å². The summed E-state index contributed by atoms with van der Waals surface area (Å²) in [6.45, 7) is 2.44. The Hall–Kier alpha value is -2.15. The Bertz CT molecular complexity index is 663. The predicted molar refractivity (Wildman–Crippen MR) is 78.4 cm³/mol. The van der Waals surface area contributed by atoms with Gasteiger partial charge in [-0.1, -0.05) is 5.16 Å². The van der Waals surface area contributed by atoms with Gasteiger partial charge in [-0.05, 0) is 25.3 Å². The smallest absolute Gasteiger partial charge is 0.276 e. The third-order valence-corrected chi connectivity index (χ3v) is 4.10. The molecule has 0 aliphatic carbocycles. The first kappa shape index (κ1) is 14.8. The average molecular weight is 304 g/mol. The van der Waals surface area contributed by atoms with Crippen LogP contribution in [0.1, 0.15) is 28.2 Å². The van der Waals surface area contributed by atoms with Crippen LogP contribution in [-0.4, -0.2) is 51.5 Å². The quantitative estimate of drug-likeness (QED) is 0.848. The SMILES string of the molecule is CO[C@H]1CCN(C(=O)c2cc(C)on2)[C@H]1Cc1cnn(C)c1. The van der Waals surface area contributed by atoms with Crippen molar-refractivity contribution in [2.75, 3.05) is 13.7 Å². The standard InChI is InChI=1S/C15H20N4O3/c1-10-6-12(17-22-10)15(20)19-5-4-14(21-3)13(19)7-11-8-16-18(2)9-11/h6,8-9,13-14H,4-5,7H2,1-3H3/t13-,14-/m0/s1. The van der Waals surface area contributed by atoms with E-state index in [0.29, 0.717) is 18.0 Å². The van der Waals surface area contributed by atoms with Crippen LogP contribution in [-0.2, 0) is 18.2 Å². The lowest BCUT2D eigenvalue weighted by Crippen LogP contribution is -2.41. The molecular weight excluding hydrogens is 284 g/mol. The molecule has 22 heavy (non-hydrogen) atoms. The molecule has 0 spiro atoms. The molecule has 0 N–H and O–H groups in total. The molecular formula is C15H20N4O3. The lowest BCUT2D eigenvalue weighted by atomic mass is 10.0. The van der Waals surface area contributed by atoms with E-state index in [1.54, 1.807) is 24.8 Å². The number of likely N-dealkylation sites (tertiary alicyclic amines) is 1. The van der Waals surface area contributed by atoms with Gasteiger partial charge in [-0.2, -0.15) is 5.10 Å². The van der Waals surface area contributed by atoms with Gasteiger partial charge >= 0.3 is 0 Å². The molecule has 7 nitrogen and oxygen atoms in total. The van der Waals surface area contributed by atoms with Crippen LogP contribution in [0.3, 0.4) is 0 Å². The van der Waals surface area contributed by atoms with Crippen molar-refractivity contribution >= 4 is 5.91 Å². The Morgan fingerprint density at radius 2 is 2.36 bits per heavy atom. The highest BCUT2D eigenvalue weighted by molar-refractivity contribution is 5.92. The zero-order chi connectivity index (χ0) is 15.7. The number of carbonyl (C=O) groups excluding carboxylic acids is 1. The highest BCUT2D eigenvalue weighted by Gasteiger charge is 2.38. The summed E-state index contributed by atoms with van der Waals surface area (Å²) in [5.41, 5.74) is 1.44. The molecule has 1 aliphatic heterocycles. The van der Waals surface area contributed by atoms with E-state index in [4.69, 9.17) is 9.26 Å². The van der Waals surface area contributed by atoms with Crippen LogP contribution >= 0.6 is 0 Å². The molecule has 1 fully saturated rings. The summed E-state index contributed by atoms with van der Waals surface area (Å²) in [6, 6.07) is 1.66. The Kier molecular flexibility index (Phi) is 3.98. The Morgan fingerprint density at radius 1 is 1.55 bits per heavy atom. The minimum Gasteiger partial charge on any atom is -0.379 e. The molecule has 0 saturated carbocycles. The van der Waals surface area contributed by atoms with Crippen LogP contribution in [0.25, 0.3) is 0 Å². The molecule has 2 aromatic rings. The van der Waals surface area contributed by atoms with Crippen LogP contribution in [0, 0.1) is 6.92 Å². The molecule has 1 amide bonds. The molecule has 0 bridgehead atoms. The second kappa shape index (κ2) is 5.92. The normalized spacial score (nSPS) is 21.5. The topological polar surface area (TPSA) is 73.4 Å². The molecule has 1 aliphatic rings. The van der Waals surface area contributed by atoms with Crippen LogP contribution in [0.4, 0.5) is 0 Å². The van der Waals surface area contributed by atoms with E-state index >= 15 is 0 Å². The summed E-state index contributed by atoms with van der Waals surface area (Å²) in [4.78, 5) is 14.5. The van der Waals surface area contributed by atoms with Gasteiger partial charge in [-0.15, -0.1) is 0 Å². The molecule has 2 aromatic heterocycles. The molecule has 118 valence electrons. The summed E-state index contributed by atoms with van der Waals surface area (Å²) >= 11 is 0. The largest absolute Gasteiger partial charge is 0.379 e. The minimum absolute atomic E-state index is 0.0151. The number of methoxy groups -OCH3 is 1. The number of hydrogen-bond acceptors (Lipinski definition) is 5. The first-order valence-corrected chi connectivity index (χ1v) is 7.33. The van der Waals surface area contributed by atoms with Crippen molar-refractivity contribution in [3.8, 4) is 0 Å². The molecule has 0 radical (unpaired) electrons. The van der Waals surface area contributed by atoms with Crippen molar-refractivity contribution in [3.05, 3.63) is 35.5 Å². The van der Waals surface area contributed by atoms with Crippen LogP contribution < -0.4 is 0 Å². The highest BCUT2D eigenvalue weighted by atomic mass is 16.5. The van der Waals surface area contributed by atoms with E-state index in [2.05, 4.69) is 10.3 Å². The van der Waals surface area contributed by atoms with Gasteiger partial charge in [-0.25, -0.2) is 0 Å². The van der Waals surface area contributed by atoms with E-state index in [1.165, 1.54) is 0 Å². The third kappa shape index (κ3) is 2.76. The molecule has 1 saturated heterocycles. The van der Waals surface area contributed by atoms with Crippen molar-refractivity contribution < 1.29 is 14.1 Å². The monoisotopic (exact) mass is 304 g/mol. The van der Waals surface area contributed by atoms with Crippen LogP contribution in [0.5, 0.6) is 0 Å². The number of aromatic nitrogens is 3. The van der Waals surface area contributed by atoms with Crippen molar-refractivity contribution in [1.29, 1.82) is 0 Å². The first-order chi connectivity index (χ1) is 10.6. The van der Waals surface area contributed by atoms with Gasteiger partial charge in [0.05, 0.1) is 18.3 Å². The van der Waals surface area contributed by atoms with Crippen molar-refractivity contribution in [2.45, 2.75) is 31.9 Å². The molecule has 3 heterocycles. The van der Waals surface area contributed by atoms with Crippen LogP contribution in [0.2, 0.25) is 0 Å². The number of carbonyl (C=O) groups is 1. The molecule has 2 atom stereocenters. The number of aryl methyl sites for hydroxylation is 2. The maximum atomic E-state index is 12.7. The fourth-order valence-corrected chi connectivity index (χ4v) is 3.03. The van der Waals surface area contributed by atoms with Crippen molar-refractivity contribution in [1.82, 2.24) is 19.8 Å². The number of rotatable bonds is 4. The van der Waals surface area contributed by atoms with E-state index in [9.17, 15) is 4.79 Å². The Morgan fingerprint density at radius 3 is 2.95 bits per heavy atom. The molecule has 0 unspecified atom stereocenters. The van der Waals surface area contributed by atoms with E-state index in [0.717, 1.165) is 18.4 Å². The van der Waals surface area contributed by atoms with Gasteiger partial charge in [0, 0.05) is 33.0 Å². The summed E-state index contributed by atoms with van der Waals surface area (Å²) in [5, 5.41) is 8.02.